The second-order valence-electron chi connectivity index (χ2n) is 7.64. The van der Waals surface area contributed by atoms with Crippen molar-refractivity contribution in [3.63, 3.8) is 0 Å². The molecule has 0 radical (unpaired) electrons. The molecule has 0 atom stereocenters. The van der Waals surface area contributed by atoms with Crippen LogP contribution in [0, 0.1) is 0 Å². The van der Waals surface area contributed by atoms with Gasteiger partial charge in [-0.3, -0.25) is 0 Å². The highest BCUT2D eigenvalue weighted by atomic mass is 16.5. The van der Waals surface area contributed by atoms with Crippen molar-refractivity contribution in [1.82, 2.24) is 10.3 Å². The monoisotopic (exact) mass is 454 g/mol. The molecule has 5 rings (SSSR count). The van der Waals surface area contributed by atoms with Gasteiger partial charge in [0.25, 0.3) is 0 Å². The van der Waals surface area contributed by atoms with Crippen LogP contribution in [-0.4, -0.2) is 15.4 Å². The minimum Gasteiger partial charge on any atom is -0.485 e. The molecule has 0 amide bonds. The normalized spacial score (nSPS) is 10.9. The molecule has 34 heavy (non-hydrogen) atoms. The Morgan fingerprint density at radius 3 is 1.53 bits per heavy atom. The van der Waals surface area contributed by atoms with Gasteiger partial charge in [-0.15, -0.1) is 0 Å². The standard InChI is InChI=1S/C27H22N2O5/c30-16-19-11-22(31-17-24-14-26(28-33-24)20-7-3-1-4-8-20)13-23(12-19)32-18-25-15-27(29-34-25)21-9-5-2-6-10-21/h1-15,30H,16-18H2. The summed E-state index contributed by atoms with van der Waals surface area (Å²) in [5.74, 6) is 2.26. The molecule has 2 aromatic heterocycles. The van der Waals surface area contributed by atoms with Crippen LogP contribution >= 0.6 is 0 Å². The zero-order valence-electron chi connectivity index (χ0n) is 18.3. The van der Waals surface area contributed by atoms with Crippen LogP contribution in [0.5, 0.6) is 11.5 Å². The zero-order chi connectivity index (χ0) is 23.2. The molecular weight excluding hydrogens is 432 g/mol. The molecule has 5 aromatic rings. The van der Waals surface area contributed by atoms with Crippen molar-refractivity contribution in [2.24, 2.45) is 0 Å². The SMILES string of the molecule is OCc1cc(OCc2cc(-c3ccccc3)no2)cc(OCc2cc(-c3ccccc3)no2)c1. The first-order chi connectivity index (χ1) is 16.8. The van der Waals surface area contributed by atoms with Crippen LogP contribution < -0.4 is 9.47 Å². The van der Waals surface area contributed by atoms with Crippen molar-refractivity contribution in [3.05, 3.63) is 108 Å². The largest absolute Gasteiger partial charge is 0.485 e. The van der Waals surface area contributed by atoms with Crippen LogP contribution in [0.2, 0.25) is 0 Å². The number of ether oxygens (including phenoxy) is 2. The molecule has 3 aromatic carbocycles. The lowest BCUT2D eigenvalue weighted by atomic mass is 10.1. The molecule has 170 valence electrons. The van der Waals surface area contributed by atoms with Crippen molar-refractivity contribution in [2.75, 3.05) is 0 Å². The minimum absolute atomic E-state index is 0.144. The molecule has 2 heterocycles. The maximum atomic E-state index is 9.65. The molecule has 0 fully saturated rings. The Morgan fingerprint density at radius 1 is 0.618 bits per heavy atom. The van der Waals surface area contributed by atoms with Gasteiger partial charge in [-0.05, 0) is 17.7 Å². The van der Waals surface area contributed by atoms with Crippen LogP contribution in [0.3, 0.4) is 0 Å². The fourth-order valence-corrected chi connectivity index (χ4v) is 3.45. The third kappa shape index (κ3) is 5.16. The van der Waals surface area contributed by atoms with Gasteiger partial charge < -0.3 is 23.6 Å². The lowest BCUT2D eigenvalue weighted by Crippen LogP contribution is -1.98. The lowest BCUT2D eigenvalue weighted by molar-refractivity contribution is 0.236. The predicted octanol–water partition coefficient (Wildman–Crippen LogP) is 5.65. The fraction of sp³-hybridized carbons (Fsp3) is 0.111. The second-order valence-corrected chi connectivity index (χ2v) is 7.64. The Labute approximate surface area is 196 Å². The van der Waals surface area contributed by atoms with Crippen LogP contribution in [0.4, 0.5) is 0 Å². The number of nitrogens with zero attached hydrogens (tertiary/aromatic N) is 2. The molecule has 0 aliphatic carbocycles. The van der Waals surface area contributed by atoms with Crippen LogP contribution in [-0.2, 0) is 19.8 Å². The number of aromatic nitrogens is 2. The Kier molecular flexibility index (Phi) is 6.36. The van der Waals surface area contributed by atoms with E-state index in [2.05, 4.69) is 10.3 Å². The minimum atomic E-state index is -0.144. The predicted molar refractivity (Wildman–Crippen MR) is 125 cm³/mol. The van der Waals surface area contributed by atoms with E-state index in [-0.39, 0.29) is 19.8 Å². The van der Waals surface area contributed by atoms with E-state index in [1.807, 2.05) is 72.8 Å². The smallest absolute Gasteiger partial charge is 0.174 e. The Morgan fingerprint density at radius 2 is 1.09 bits per heavy atom. The number of hydrogen-bond donors (Lipinski definition) is 1. The Hall–Kier alpha value is -4.36. The van der Waals surface area contributed by atoms with E-state index in [1.54, 1.807) is 18.2 Å². The first kappa shape index (κ1) is 21.5. The zero-order valence-corrected chi connectivity index (χ0v) is 18.3. The van der Waals surface area contributed by atoms with Crippen LogP contribution in [0.15, 0.2) is 100 Å². The quantitative estimate of drug-likeness (QED) is 0.308. The van der Waals surface area contributed by atoms with Gasteiger partial charge in [0.05, 0.1) is 6.61 Å². The van der Waals surface area contributed by atoms with E-state index in [0.29, 0.717) is 28.6 Å². The molecule has 7 nitrogen and oxygen atoms in total. The van der Waals surface area contributed by atoms with E-state index in [9.17, 15) is 5.11 Å². The Bertz CT molecular complexity index is 1250. The summed E-state index contributed by atoms with van der Waals surface area (Å²) in [6.07, 6.45) is 0. The third-order valence-corrected chi connectivity index (χ3v) is 5.14. The maximum absolute atomic E-state index is 9.65. The lowest BCUT2D eigenvalue weighted by Gasteiger charge is -2.10. The second kappa shape index (κ2) is 10.1. The fourth-order valence-electron chi connectivity index (χ4n) is 3.45. The highest BCUT2D eigenvalue weighted by Crippen LogP contribution is 2.26. The van der Waals surface area contributed by atoms with Gasteiger partial charge in [0, 0.05) is 29.3 Å². The number of aliphatic hydroxyl groups is 1. The van der Waals surface area contributed by atoms with Gasteiger partial charge in [-0.1, -0.05) is 71.0 Å². The van der Waals surface area contributed by atoms with Gasteiger partial charge in [0.1, 0.15) is 36.1 Å². The summed E-state index contributed by atoms with van der Waals surface area (Å²) < 4.78 is 22.5. The van der Waals surface area contributed by atoms with Gasteiger partial charge in [0.2, 0.25) is 0 Å². The van der Waals surface area contributed by atoms with E-state index in [0.717, 1.165) is 22.5 Å². The molecule has 0 aliphatic rings. The van der Waals surface area contributed by atoms with Crippen LogP contribution in [0.25, 0.3) is 22.5 Å². The van der Waals surface area contributed by atoms with E-state index < -0.39 is 0 Å². The molecule has 0 saturated carbocycles. The van der Waals surface area contributed by atoms with Crippen molar-refractivity contribution in [3.8, 4) is 34.0 Å². The highest BCUT2D eigenvalue weighted by molar-refractivity contribution is 5.59. The molecular formula is C27H22N2O5. The van der Waals surface area contributed by atoms with Crippen molar-refractivity contribution >= 4 is 0 Å². The van der Waals surface area contributed by atoms with Crippen LogP contribution in [0.1, 0.15) is 17.1 Å². The van der Waals surface area contributed by atoms with E-state index in [4.69, 9.17) is 18.5 Å². The number of rotatable bonds is 9. The summed E-state index contributed by atoms with van der Waals surface area (Å²) in [5, 5.41) is 17.8. The van der Waals surface area contributed by atoms with E-state index in [1.165, 1.54) is 0 Å². The number of benzene rings is 3. The molecule has 0 bridgehead atoms. The van der Waals surface area contributed by atoms with Gasteiger partial charge >= 0.3 is 0 Å². The molecule has 0 unspecified atom stereocenters. The first-order valence-electron chi connectivity index (χ1n) is 10.8. The summed E-state index contributed by atoms with van der Waals surface area (Å²) in [6.45, 7) is 0.238. The van der Waals surface area contributed by atoms with E-state index >= 15 is 0 Å². The summed E-state index contributed by atoms with van der Waals surface area (Å²) in [5.41, 5.74) is 4.10. The average Bonchev–Trinajstić information content (AvgIpc) is 3.57. The van der Waals surface area contributed by atoms with Gasteiger partial charge in [0.15, 0.2) is 11.5 Å². The van der Waals surface area contributed by atoms with Crippen molar-refractivity contribution < 1.29 is 23.6 Å². The number of hydrogen-bond acceptors (Lipinski definition) is 7. The molecule has 0 spiro atoms. The van der Waals surface area contributed by atoms with Gasteiger partial charge in [-0.2, -0.15) is 0 Å². The van der Waals surface area contributed by atoms with Crippen molar-refractivity contribution in [2.45, 2.75) is 19.8 Å². The van der Waals surface area contributed by atoms with Gasteiger partial charge in [-0.25, -0.2) is 0 Å². The summed E-state index contributed by atoms with van der Waals surface area (Å²) in [6, 6.07) is 28.5. The number of aliphatic hydroxyl groups excluding tert-OH is 1. The average molecular weight is 454 g/mol. The third-order valence-electron chi connectivity index (χ3n) is 5.14. The molecule has 7 heteroatoms. The highest BCUT2D eigenvalue weighted by Gasteiger charge is 2.10. The molecule has 1 N–H and O–H groups in total. The Balaban J connectivity index is 1.23. The summed E-state index contributed by atoms with van der Waals surface area (Å²) in [7, 11) is 0. The first-order valence-corrected chi connectivity index (χ1v) is 10.8. The topological polar surface area (TPSA) is 90.8 Å². The molecule has 0 saturated heterocycles. The molecule has 0 aliphatic heterocycles. The summed E-state index contributed by atoms with van der Waals surface area (Å²) in [4.78, 5) is 0. The van der Waals surface area contributed by atoms with Crippen molar-refractivity contribution in [1.29, 1.82) is 0 Å². The summed E-state index contributed by atoms with van der Waals surface area (Å²) >= 11 is 0. The maximum Gasteiger partial charge on any atom is 0.174 e.